The smallest absolute Gasteiger partial charge is 0.252 e. The maximum Gasteiger partial charge on any atom is 0.252 e. The maximum absolute atomic E-state index is 13.3. The average Bonchev–Trinajstić information content (AvgIpc) is 2.38. The van der Waals surface area contributed by atoms with E-state index in [1.165, 1.54) is 12.1 Å². The Hall–Kier alpha value is -2.40. The van der Waals surface area contributed by atoms with E-state index in [-0.39, 0.29) is 23.6 Å². The number of primary amides is 1. The van der Waals surface area contributed by atoms with Crippen molar-refractivity contribution in [1.82, 2.24) is 0 Å². The van der Waals surface area contributed by atoms with Crippen LogP contribution in [0.15, 0.2) is 42.5 Å². The number of para-hydroxylation sites is 1. The highest BCUT2D eigenvalue weighted by Gasteiger charge is 2.10. The van der Waals surface area contributed by atoms with Crippen molar-refractivity contribution in [3.63, 3.8) is 0 Å². The number of rotatable bonds is 4. The summed E-state index contributed by atoms with van der Waals surface area (Å²) in [4.78, 5) is 11.3. The summed E-state index contributed by atoms with van der Waals surface area (Å²) >= 11 is 0. The lowest BCUT2D eigenvalue weighted by Gasteiger charge is -2.10. The lowest BCUT2D eigenvalue weighted by Crippen LogP contribution is -2.12. The summed E-state index contributed by atoms with van der Waals surface area (Å²) in [5.41, 5.74) is 11.5. The van der Waals surface area contributed by atoms with Crippen molar-refractivity contribution >= 4 is 5.91 Å². The molecule has 98 valence electrons. The van der Waals surface area contributed by atoms with Crippen molar-refractivity contribution < 1.29 is 13.9 Å². The summed E-state index contributed by atoms with van der Waals surface area (Å²) in [5.74, 6) is -0.502. The molecule has 0 aliphatic rings. The summed E-state index contributed by atoms with van der Waals surface area (Å²) in [6.45, 7) is 0.200. The van der Waals surface area contributed by atoms with Gasteiger partial charge in [-0.1, -0.05) is 12.1 Å². The number of nitrogens with two attached hydrogens (primary N) is 2. The number of ether oxygens (including phenoxy) is 1. The zero-order chi connectivity index (χ0) is 13.8. The fourth-order valence-electron chi connectivity index (χ4n) is 1.68. The predicted octanol–water partition coefficient (Wildman–Crippen LogP) is 2.18. The molecule has 19 heavy (non-hydrogen) atoms. The minimum atomic E-state index is -0.606. The molecule has 4 N–H and O–H groups in total. The van der Waals surface area contributed by atoms with E-state index in [1.807, 2.05) is 0 Å². The van der Waals surface area contributed by atoms with Crippen LogP contribution in [-0.4, -0.2) is 5.91 Å². The molecule has 0 heterocycles. The van der Waals surface area contributed by atoms with Crippen LogP contribution in [0.2, 0.25) is 0 Å². The third-order valence-electron chi connectivity index (χ3n) is 2.55. The van der Waals surface area contributed by atoms with E-state index in [4.69, 9.17) is 16.2 Å². The molecule has 0 radical (unpaired) electrons. The largest absolute Gasteiger partial charge is 0.456 e. The van der Waals surface area contributed by atoms with Crippen LogP contribution in [0.4, 0.5) is 4.39 Å². The number of benzene rings is 2. The van der Waals surface area contributed by atoms with E-state index in [0.717, 1.165) is 0 Å². The second-order valence-corrected chi connectivity index (χ2v) is 3.96. The molecular weight excluding hydrogens is 247 g/mol. The Morgan fingerprint density at radius 1 is 1.21 bits per heavy atom. The Kier molecular flexibility index (Phi) is 3.77. The Morgan fingerprint density at radius 3 is 2.63 bits per heavy atom. The summed E-state index contributed by atoms with van der Waals surface area (Å²) in [7, 11) is 0. The zero-order valence-corrected chi connectivity index (χ0v) is 10.1. The monoisotopic (exact) mass is 260 g/mol. The van der Waals surface area contributed by atoms with Crippen molar-refractivity contribution in [3.05, 3.63) is 59.4 Å². The molecule has 0 bridgehead atoms. The van der Waals surface area contributed by atoms with Crippen LogP contribution < -0.4 is 16.2 Å². The maximum atomic E-state index is 13.3. The quantitative estimate of drug-likeness (QED) is 0.884. The van der Waals surface area contributed by atoms with Gasteiger partial charge >= 0.3 is 0 Å². The van der Waals surface area contributed by atoms with Gasteiger partial charge < -0.3 is 16.2 Å². The van der Waals surface area contributed by atoms with Crippen LogP contribution >= 0.6 is 0 Å². The highest BCUT2D eigenvalue weighted by Crippen LogP contribution is 2.26. The van der Waals surface area contributed by atoms with Crippen molar-refractivity contribution in [2.24, 2.45) is 11.5 Å². The van der Waals surface area contributed by atoms with Gasteiger partial charge in [-0.25, -0.2) is 4.39 Å². The first-order valence-electron chi connectivity index (χ1n) is 5.66. The highest BCUT2D eigenvalue weighted by atomic mass is 19.1. The molecule has 0 spiro atoms. The Balaban J connectivity index is 2.36. The molecular formula is C14H13FN2O2. The van der Waals surface area contributed by atoms with Gasteiger partial charge in [0.05, 0.1) is 5.56 Å². The van der Waals surface area contributed by atoms with Gasteiger partial charge in [0.2, 0.25) is 0 Å². The highest BCUT2D eigenvalue weighted by molar-refractivity contribution is 5.95. The molecule has 0 aliphatic carbocycles. The molecule has 4 nitrogen and oxygen atoms in total. The lowest BCUT2D eigenvalue weighted by molar-refractivity contribution is 0.0998. The molecule has 2 aromatic carbocycles. The van der Waals surface area contributed by atoms with Crippen molar-refractivity contribution in [2.45, 2.75) is 6.54 Å². The van der Waals surface area contributed by atoms with E-state index < -0.39 is 11.7 Å². The molecule has 2 rings (SSSR count). The molecule has 0 saturated carbocycles. The van der Waals surface area contributed by atoms with Crippen molar-refractivity contribution in [3.8, 4) is 11.5 Å². The minimum absolute atomic E-state index is 0.200. The Bertz CT molecular complexity index is 614. The normalized spacial score (nSPS) is 10.2. The summed E-state index contributed by atoms with van der Waals surface area (Å²) < 4.78 is 18.8. The molecule has 2 aromatic rings. The minimum Gasteiger partial charge on any atom is -0.456 e. The van der Waals surface area contributed by atoms with E-state index in [9.17, 15) is 9.18 Å². The van der Waals surface area contributed by atoms with Crippen LogP contribution in [0, 0.1) is 5.82 Å². The lowest BCUT2D eigenvalue weighted by atomic mass is 10.2. The van der Waals surface area contributed by atoms with Gasteiger partial charge in [0.25, 0.3) is 5.91 Å². The summed E-state index contributed by atoms with van der Waals surface area (Å²) in [5, 5.41) is 0. The van der Waals surface area contributed by atoms with Gasteiger partial charge in [-0.15, -0.1) is 0 Å². The van der Waals surface area contributed by atoms with Crippen molar-refractivity contribution in [2.75, 3.05) is 0 Å². The fourth-order valence-corrected chi connectivity index (χ4v) is 1.68. The number of halogens is 1. The van der Waals surface area contributed by atoms with Gasteiger partial charge in [-0.05, 0) is 29.8 Å². The molecule has 1 amide bonds. The first-order chi connectivity index (χ1) is 9.10. The number of carbonyl (C=O) groups excluding carboxylic acids is 1. The molecule has 5 heteroatoms. The van der Waals surface area contributed by atoms with E-state index in [2.05, 4.69) is 0 Å². The van der Waals surface area contributed by atoms with Gasteiger partial charge in [0.1, 0.15) is 17.3 Å². The molecule has 0 unspecified atom stereocenters. The van der Waals surface area contributed by atoms with Gasteiger partial charge in [-0.3, -0.25) is 4.79 Å². The van der Waals surface area contributed by atoms with E-state index in [1.54, 1.807) is 30.3 Å². The second kappa shape index (κ2) is 5.49. The van der Waals surface area contributed by atoms with Crippen LogP contribution in [0.25, 0.3) is 0 Å². The SMILES string of the molecule is NCc1cc(F)cc(Oc2ccccc2C(N)=O)c1. The van der Waals surface area contributed by atoms with E-state index in [0.29, 0.717) is 5.56 Å². The molecule has 0 atom stereocenters. The number of carbonyl (C=O) groups is 1. The molecule has 0 fully saturated rings. The predicted molar refractivity (Wildman–Crippen MR) is 69.3 cm³/mol. The van der Waals surface area contributed by atoms with Gasteiger partial charge in [-0.2, -0.15) is 0 Å². The fraction of sp³-hybridized carbons (Fsp3) is 0.0714. The van der Waals surface area contributed by atoms with Gasteiger partial charge in [0.15, 0.2) is 0 Å². The molecule has 0 aromatic heterocycles. The standard InChI is InChI=1S/C14H13FN2O2/c15-10-5-9(8-16)6-11(7-10)19-13-4-2-1-3-12(13)14(17)18/h1-7H,8,16H2,(H2,17,18). The Morgan fingerprint density at radius 2 is 1.95 bits per heavy atom. The average molecular weight is 260 g/mol. The number of hydrogen-bond donors (Lipinski definition) is 2. The van der Waals surface area contributed by atoms with Gasteiger partial charge in [0, 0.05) is 12.6 Å². The van der Waals surface area contributed by atoms with Crippen LogP contribution in [0.5, 0.6) is 11.5 Å². The van der Waals surface area contributed by atoms with Crippen LogP contribution in [0.1, 0.15) is 15.9 Å². The van der Waals surface area contributed by atoms with Crippen LogP contribution in [0.3, 0.4) is 0 Å². The molecule has 0 aliphatic heterocycles. The first kappa shape index (κ1) is 13.0. The third kappa shape index (κ3) is 3.08. The summed E-state index contributed by atoms with van der Waals surface area (Å²) in [6.07, 6.45) is 0. The second-order valence-electron chi connectivity index (χ2n) is 3.96. The van der Waals surface area contributed by atoms with Crippen LogP contribution in [-0.2, 0) is 6.54 Å². The third-order valence-corrected chi connectivity index (χ3v) is 2.55. The number of hydrogen-bond acceptors (Lipinski definition) is 3. The topological polar surface area (TPSA) is 78.3 Å². The number of amides is 1. The zero-order valence-electron chi connectivity index (χ0n) is 10.1. The molecule has 0 saturated heterocycles. The first-order valence-corrected chi connectivity index (χ1v) is 5.66. The Labute approximate surface area is 109 Å². The van der Waals surface area contributed by atoms with Crippen molar-refractivity contribution in [1.29, 1.82) is 0 Å². The van der Waals surface area contributed by atoms with E-state index >= 15 is 0 Å². The summed E-state index contributed by atoms with van der Waals surface area (Å²) in [6, 6.07) is 10.7.